The molecule has 2 rings (SSSR count). The first kappa shape index (κ1) is 17.9. The Morgan fingerprint density at radius 3 is 2.48 bits per heavy atom. The van der Waals surface area contributed by atoms with Gasteiger partial charge >= 0.3 is 0 Å². The number of hydrogen-bond donors (Lipinski definition) is 2. The summed E-state index contributed by atoms with van der Waals surface area (Å²) >= 11 is 0. The van der Waals surface area contributed by atoms with Crippen molar-refractivity contribution in [2.24, 2.45) is 0 Å². The number of aryl methyl sites for hydroxylation is 1. The summed E-state index contributed by atoms with van der Waals surface area (Å²) in [6.45, 7) is 4.34. The molecule has 1 fully saturated rings. The Hall–Kier alpha value is -1.47. The van der Waals surface area contributed by atoms with Gasteiger partial charge in [0.1, 0.15) is 5.82 Å². The van der Waals surface area contributed by atoms with Crippen molar-refractivity contribution in [1.82, 2.24) is 10.6 Å². The molecule has 0 aliphatic carbocycles. The minimum absolute atomic E-state index is 0.243. The first-order valence-electron chi connectivity index (χ1n) is 7.65. The van der Waals surface area contributed by atoms with Gasteiger partial charge in [-0.2, -0.15) is 0 Å². The van der Waals surface area contributed by atoms with Gasteiger partial charge in [-0.05, 0) is 57.0 Å². The SMILES string of the molecule is Cc1ccc(C(C)NC(=O)C2(S(C)(=O)=O)CCNCC2)cc1F. The molecule has 2 N–H and O–H groups in total. The van der Waals surface area contributed by atoms with E-state index in [9.17, 15) is 17.6 Å². The van der Waals surface area contributed by atoms with Crippen molar-refractivity contribution in [3.63, 3.8) is 0 Å². The topological polar surface area (TPSA) is 75.3 Å². The van der Waals surface area contributed by atoms with Gasteiger partial charge in [-0.3, -0.25) is 4.79 Å². The number of rotatable bonds is 4. The van der Waals surface area contributed by atoms with E-state index in [0.29, 0.717) is 24.2 Å². The molecule has 1 aromatic rings. The maximum absolute atomic E-state index is 13.7. The van der Waals surface area contributed by atoms with Crippen LogP contribution in [0.5, 0.6) is 0 Å². The maximum atomic E-state index is 13.7. The number of carbonyl (C=O) groups is 1. The van der Waals surface area contributed by atoms with Crippen LogP contribution in [-0.4, -0.2) is 38.4 Å². The summed E-state index contributed by atoms with van der Waals surface area (Å²) in [7, 11) is -3.56. The summed E-state index contributed by atoms with van der Waals surface area (Å²) in [5.74, 6) is -0.849. The van der Waals surface area contributed by atoms with Gasteiger partial charge in [-0.25, -0.2) is 12.8 Å². The van der Waals surface area contributed by atoms with Crippen LogP contribution in [0.15, 0.2) is 18.2 Å². The van der Waals surface area contributed by atoms with Crippen molar-refractivity contribution in [3.8, 4) is 0 Å². The fourth-order valence-electron chi connectivity index (χ4n) is 2.89. The number of piperidine rings is 1. The Morgan fingerprint density at radius 2 is 1.96 bits per heavy atom. The fraction of sp³-hybridized carbons (Fsp3) is 0.562. The fourth-order valence-corrected chi connectivity index (χ4v) is 4.23. The van der Waals surface area contributed by atoms with Crippen molar-refractivity contribution >= 4 is 15.7 Å². The quantitative estimate of drug-likeness (QED) is 0.869. The Bertz CT molecular complexity index is 697. The van der Waals surface area contributed by atoms with Crippen LogP contribution in [0.25, 0.3) is 0 Å². The van der Waals surface area contributed by atoms with E-state index in [4.69, 9.17) is 0 Å². The van der Waals surface area contributed by atoms with Crippen molar-refractivity contribution in [2.45, 2.75) is 37.5 Å². The van der Waals surface area contributed by atoms with Gasteiger partial charge in [-0.1, -0.05) is 12.1 Å². The lowest BCUT2D eigenvalue weighted by molar-refractivity contribution is -0.125. The van der Waals surface area contributed by atoms with Crippen LogP contribution in [0, 0.1) is 12.7 Å². The molecule has 1 heterocycles. The summed E-state index contributed by atoms with van der Waals surface area (Å²) in [6.07, 6.45) is 1.59. The monoisotopic (exact) mass is 342 g/mol. The third-order valence-corrected chi connectivity index (χ3v) is 6.59. The molecule has 0 bridgehead atoms. The van der Waals surface area contributed by atoms with E-state index in [1.165, 1.54) is 6.07 Å². The number of carbonyl (C=O) groups excluding carboxylic acids is 1. The van der Waals surface area contributed by atoms with E-state index in [-0.39, 0.29) is 18.7 Å². The maximum Gasteiger partial charge on any atom is 0.242 e. The smallest absolute Gasteiger partial charge is 0.242 e. The predicted octanol–water partition coefficient (Wildman–Crippen LogP) is 1.48. The molecule has 1 aliphatic rings. The van der Waals surface area contributed by atoms with Crippen LogP contribution in [0.1, 0.15) is 36.9 Å². The molecule has 1 amide bonds. The largest absolute Gasteiger partial charge is 0.348 e. The van der Waals surface area contributed by atoms with E-state index in [1.54, 1.807) is 26.0 Å². The van der Waals surface area contributed by atoms with Crippen molar-refractivity contribution in [1.29, 1.82) is 0 Å². The van der Waals surface area contributed by atoms with Crippen LogP contribution < -0.4 is 10.6 Å². The first-order chi connectivity index (χ1) is 10.7. The van der Waals surface area contributed by atoms with Crippen molar-refractivity contribution < 1.29 is 17.6 Å². The van der Waals surface area contributed by atoms with Gasteiger partial charge in [0.15, 0.2) is 14.6 Å². The van der Waals surface area contributed by atoms with E-state index < -0.39 is 26.5 Å². The van der Waals surface area contributed by atoms with Crippen molar-refractivity contribution in [2.75, 3.05) is 19.3 Å². The zero-order chi connectivity index (χ0) is 17.3. The molecule has 0 aromatic heterocycles. The molecule has 7 heteroatoms. The summed E-state index contributed by atoms with van der Waals surface area (Å²) in [4.78, 5) is 12.7. The third-order valence-electron chi connectivity index (χ3n) is 4.58. The summed E-state index contributed by atoms with van der Waals surface area (Å²) in [6, 6.07) is 4.28. The van der Waals surface area contributed by atoms with Crippen molar-refractivity contribution in [3.05, 3.63) is 35.1 Å². The summed E-state index contributed by atoms with van der Waals surface area (Å²) in [5.41, 5.74) is 1.14. The second kappa shape index (κ2) is 6.57. The van der Waals surface area contributed by atoms with Gasteiger partial charge in [-0.15, -0.1) is 0 Å². The molecule has 128 valence electrons. The van der Waals surface area contributed by atoms with Gasteiger partial charge in [0.25, 0.3) is 0 Å². The molecule has 1 aliphatic heterocycles. The highest BCUT2D eigenvalue weighted by molar-refractivity contribution is 7.92. The molecular formula is C16H23FN2O3S. The minimum Gasteiger partial charge on any atom is -0.348 e. The second-order valence-corrected chi connectivity index (χ2v) is 8.55. The van der Waals surface area contributed by atoms with Gasteiger partial charge in [0.2, 0.25) is 5.91 Å². The number of amides is 1. The number of hydrogen-bond acceptors (Lipinski definition) is 4. The molecule has 0 radical (unpaired) electrons. The van der Waals surface area contributed by atoms with Crippen LogP contribution in [0.2, 0.25) is 0 Å². The number of benzene rings is 1. The standard InChI is InChI=1S/C16H23FN2O3S/c1-11-4-5-13(10-14(11)17)12(2)19-15(20)16(23(3,21)22)6-8-18-9-7-16/h4-5,10,12,18H,6-9H2,1-3H3,(H,19,20). The molecular weight excluding hydrogens is 319 g/mol. The molecule has 23 heavy (non-hydrogen) atoms. The normalized spacial score (nSPS) is 19.1. The highest BCUT2D eigenvalue weighted by Crippen LogP contribution is 2.29. The third kappa shape index (κ3) is 3.55. The molecule has 5 nitrogen and oxygen atoms in total. The lowest BCUT2D eigenvalue weighted by atomic mass is 9.95. The Labute approximate surface area is 136 Å². The molecule has 1 atom stereocenters. The van der Waals surface area contributed by atoms with E-state index in [0.717, 1.165) is 6.26 Å². The van der Waals surface area contributed by atoms with Gasteiger partial charge < -0.3 is 10.6 Å². The Kier molecular flexibility index (Phi) is 5.10. The number of sulfone groups is 1. The number of halogens is 1. The van der Waals surface area contributed by atoms with Gasteiger partial charge in [0.05, 0.1) is 6.04 Å². The summed E-state index contributed by atoms with van der Waals surface area (Å²) in [5, 5.41) is 5.82. The van der Waals surface area contributed by atoms with E-state index in [1.807, 2.05) is 0 Å². The predicted molar refractivity (Wildman–Crippen MR) is 87.4 cm³/mol. The van der Waals surface area contributed by atoms with Crippen LogP contribution in [0.3, 0.4) is 0 Å². The van der Waals surface area contributed by atoms with Crippen LogP contribution >= 0.6 is 0 Å². The van der Waals surface area contributed by atoms with E-state index >= 15 is 0 Å². The average molecular weight is 342 g/mol. The molecule has 0 saturated carbocycles. The highest BCUT2D eigenvalue weighted by Gasteiger charge is 2.48. The number of nitrogens with one attached hydrogen (secondary N) is 2. The zero-order valence-corrected chi connectivity index (χ0v) is 14.5. The summed E-state index contributed by atoms with van der Waals surface area (Å²) < 4.78 is 36.7. The first-order valence-corrected chi connectivity index (χ1v) is 9.54. The highest BCUT2D eigenvalue weighted by atomic mass is 32.2. The lowest BCUT2D eigenvalue weighted by Gasteiger charge is -2.35. The minimum atomic E-state index is -3.56. The lowest BCUT2D eigenvalue weighted by Crippen LogP contribution is -2.57. The Balaban J connectivity index is 2.23. The molecule has 1 unspecified atom stereocenters. The zero-order valence-electron chi connectivity index (χ0n) is 13.6. The van der Waals surface area contributed by atoms with Gasteiger partial charge in [0, 0.05) is 6.26 Å². The Morgan fingerprint density at radius 1 is 1.35 bits per heavy atom. The van der Waals surface area contributed by atoms with Crippen LogP contribution in [-0.2, 0) is 14.6 Å². The molecule has 1 aromatic carbocycles. The van der Waals surface area contributed by atoms with Crippen LogP contribution in [0.4, 0.5) is 4.39 Å². The second-order valence-electron chi connectivity index (χ2n) is 6.22. The average Bonchev–Trinajstić information content (AvgIpc) is 2.49. The van der Waals surface area contributed by atoms with E-state index in [2.05, 4.69) is 10.6 Å². The molecule has 1 saturated heterocycles. The molecule has 0 spiro atoms.